The lowest BCUT2D eigenvalue weighted by Gasteiger charge is -2.36. The number of benzene rings is 1. The van der Waals surface area contributed by atoms with Gasteiger partial charge in [-0.2, -0.15) is 0 Å². The van der Waals surface area contributed by atoms with Crippen LogP contribution in [0.2, 0.25) is 0 Å². The molecular weight excluding hydrogens is 264 g/mol. The second-order valence-electron chi connectivity index (χ2n) is 5.23. The Hall–Kier alpha value is -2.15. The fraction of sp³-hybridized carbons (Fsp3) is 0.462. The minimum Gasteiger partial charge on any atom is -0.478 e. The molecule has 7 heteroatoms. The van der Waals surface area contributed by atoms with Gasteiger partial charge in [-0.25, -0.2) is 4.79 Å². The summed E-state index contributed by atoms with van der Waals surface area (Å²) in [7, 11) is 1.66. The summed E-state index contributed by atoms with van der Waals surface area (Å²) in [5, 5.41) is 29.5. The number of nitro benzene ring substituents is 1. The van der Waals surface area contributed by atoms with E-state index in [0.29, 0.717) is 11.3 Å². The molecule has 1 aromatic carbocycles. The Kier molecular flexibility index (Phi) is 4.34. The molecule has 1 aromatic rings. The van der Waals surface area contributed by atoms with Gasteiger partial charge in [-0.05, 0) is 26.8 Å². The summed E-state index contributed by atoms with van der Waals surface area (Å²) < 4.78 is 0. The Morgan fingerprint density at radius 3 is 2.40 bits per heavy atom. The molecule has 0 saturated heterocycles. The monoisotopic (exact) mass is 282 g/mol. The molecule has 0 aromatic heterocycles. The van der Waals surface area contributed by atoms with Gasteiger partial charge in [0.15, 0.2) is 0 Å². The number of hydrogen-bond donors (Lipinski definition) is 2. The molecule has 0 radical (unpaired) electrons. The molecule has 20 heavy (non-hydrogen) atoms. The number of carbonyl (C=O) groups is 1. The maximum atomic E-state index is 11.1. The van der Waals surface area contributed by atoms with Crippen molar-refractivity contribution in [3.05, 3.63) is 33.4 Å². The minimum absolute atomic E-state index is 0.155. The Balaban J connectivity index is 3.53. The zero-order valence-corrected chi connectivity index (χ0v) is 11.9. The van der Waals surface area contributed by atoms with Crippen LogP contribution < -0.4 is 4.90 Å². The highest BCUT2D eigenvalue weighted by Gasteiger charge is 2.28. The van der Waals surface area contributed by atoms with E-state index in [-0.39, 0.29) is 17.9 Å². The number of aliphatic hydroxyl groups excluding tert-OH is 1. The van der Waals surface area contributed by atoms with Gasteiger partial charge < -0.3 is 15.1 Å². The maximum Gasteiger partial charge on any atom is 0.336 e. The lowest BCUT2D eigenvalue weighted by Crippen LogP contribution is -2.44. The van der Waals surface area contributed by atoms with Crippen LogP contribution in [-0.2, 0) is 0 Å². The number of hydrogen-bond acceptors (Lipinski definition) is 5. The summed E-state index contributed by atoms with van der Waals surface area (Å²) in [5.41, 5.74) is -0.298. The number of aliphatic hydroxyl groups is 1. The van der Waals surface area contributed by atoms with Gasteiger partial charge >= 0.3 is 5.97 Å². The summed E-state index contributed by atoms with van der Waals surface area (Å²) in [5.74, 6) is -1.23. The van der Waals surface area contributed by atoms with Gasteiger partial charge in [0, 0.05) is 18.8 Å². The van der Waals surface area contributed by atoms with E-state index >= 15 is 0 Å². The molecule has 110 valence electrons. The number of nitrogens with zero attached hydrogens (tertiary/aromatic N) is 2. The number of nitro groups is 1. The number of anilines is 1. The molecule has 0 spiro atoms. The fourth-order valence-corrected chi connectivity index (χ4v) is 1.78. The topological polar surface area (TPSA) is 104 Å². The zero-order chi connectivity index (χ0) is 15.7. The number of likely N-dealkylation sites (N-methyl/N-ethyl adjacent to an activating group) is 1. The summed E-state index contributed by atoms with van der Waals surface area (Å²) in [6.45, 7) is 4.90. The van der Waals surface area contributed by atoms with Crippen molar-refractivity contribution in [2.75, 3.05) is 18.6 Å². The molecule has 0 aliphatic carbocycles. The van der Waals surface area contributed by atoms with E-state index < -0.39 is 16.4 Å². The van der Waals surface area contributed by atoms with E-state index in [2.05, 4.69) is 0 Å². The molecule has 0 amide bonds. The van der Waals surface area contributed by atoms with Gasteiger partial charge in [0.2, 0.25) is 0 Å². The van der Waals surface area contributed by atoms with E-state index in [1.54, 1.807) is 32.7 Å². The fourth-order valence-electron chi connectivity index (χ4n) is 1.78. The van der Waals surface area contributed by atoms with Crippen molar-refractivity contribution in [3.63, 3.8) is 0 Å². The molecule has 0 unspecified atom stereocenters. The highest BCUT2D eigenvalue weighted by atomic mass is 16.6. The summed E-state index contributed by atoms with van der Waals surface area (Å²) in [6, 6.07) is 2.42. The third-order valence-corrected chi connectivity index (χ3v) is 3.45. The highest BCUT2D eigenvalue weighted by Crippen LogP contribution is 2.33. The minimum atomic E-state index is -1.23. The van der Waals surface area contributed by atoms with Crippen molar-refractivity contribution in [2.24, 2.45) is 0 Å². The quantitative estimate of drug-likeness (QED) is 0.630. The predicted molar refractivity (Wildman–Crippen MR) is 74.4 cm³/mol. The highest BCUT2D eigenvalue weighted by molar-refractivity contribution is 5.90. The normalized spacial score (nSPS) is 11.2. The van der Waals surface area contributed by atoms with Crippen molar-refractivity contribution in [1.29, 1.82) is 0 Å². The van der Waals surface area contributed by atoms with Crippen LogP contribution >= 0.6 is 0 Å². The average Bonchev–Trinajstić information content (AvgIpc) is 2.37. The standard InChI is InChI=1S/C13H18N2O5/c1-8-10(14(4)13(2,3)7-16)5-9(12(17)18)6-11(8)15(19)20/h5-6,16H,7H2,1-4H3,(H,17,18). The predicted octanol–water partition coefficient (Wildman–Crippen LogP) is 1.81. The van der Waals surface area contributed by atoms with Crippen LogP contribution in [-0.4, -0.2) is 40.3 Å². The second-order valence-corrected chi connectivity index (χ2v) is 5.23. The Morgan fingerprint density at radius 1 is 1.45 bits per heavy atom. The van der Waals surface area contributed by atoms with Crippen molar-refractivity contribution in [1.82, 2.24) is 0 Å². The van der Waals surface area contributed by atoms with Gasteiger partial charge in [-0.1, -0.05) is 0 Å². The smallest absolute Gasteiger partial charge is 0.336 e. The summed E-state index contributed by atoms with van der Waals surface area (Å²) in [6.07, 6.45) is 0. The summed E-state index contributed by atoms with van der Waals surface area (Å²) in [4.78, 5) is 23.2. The van der Waals surface area contributed by atoms with Crippen molar-refractivity contribution >= 4 is 17.3 Å². The van der Waals surface area contributed by atoms with Crippen LogP contribution in [0.5, 0.6) is 0 Å². The first-order valence-corrected chi connectivity index (χ1v) is 5.99. The van der Waals surface area contributed by atoms with E-state index in [4.69, 9.17) is 5.11 Å². The van der Waals surface area contributed by atoms with Gasteiger partial charge in [0.05, 0.1) is 28.2 Å². The van der Waals surface area contributed by atoms with E-state index in [9.17, 15) is 20.0 Å². The third-order valence-electron chi connectivity index (χ3n) is 3.45. The Labute approximate surface area is 116 Å². The van der Waals surface area contributed by atoms with Crippen molar-refractivity contribution in [3.8, 4) is 0 Å². The molecule has 0 bridgehead atoms. The first-order chi connectivity index (χ1) is 9.11. The maximum absolute atomic E-state index is 11.1. The van der Waals surface area contributed by atoms with Crippen molar-refractivity contribution < 1.29 is 19.9 Å². The number of aromatic carboxylic acids is 1. The lowest BCUT2D eigenvalue weighted by atomic mass is 10.00. The van der Waals surface area contributed by atoms with Crippen LogP contribution in [0.3, 0.4) is 0 Å². The number of carboxylic acids is 1. The van der Waals surface area contributed by atoms with Crippen LogP contribution in [0.15, 0.2) is 12.1 Å². The molecule has 7 nitrogen and oxygen atoms in total. The first kappa shape index (κ1) is 15.9. The van der Waals surface area contributed by atoms with Gasteiger partial charge in [-0.3, -0.25) is 10.1 Å². The average molecular weight is 282 g/mol. The van der Waals surface area contributed by atoms with Crippen molar-refractivity contribution in [2.45, 2.75) is 26.3 Å². The SMILES string of the molecule is Cc1c(N(C)C(C)(C)CO)cc(C(=O)O)cc1[N+](=O)[O-]. The molecule has 1 rings (SSSR count). The van der Waals surface area contributed by atoms with Crippen LogP contribution in [0.25, 0.3) is 0 Å². The molecule has 0 saturated carbocycles. The molecule has 0 atom stereocenters. The van der Waals surface area contributed by atoms with E-state index in [0.717, 1.165) is 6.07 Å². The lowest BCUT2D eigenvalue weighted by molar-refractivity contribution is -0.385. The van der Waals surface area contributed by atoms with Crippen LogP contribution in [0.1, 0.15) is 29.8 Å². The van der Waals surface area contributed by atoms with Gasteiger partial charge in [0.25, 0.3) is 5.69 Å². The summed E-state index contributed by atoms with van der Waals surface area (Å²) >= 11 is 0. The molecule has 2 N–H and O–H groups in total. The van der Waals surface area contributed by atoms with Gasteiger partial charge in [-0.15, -0.1) is 0 Å². The van der Waals surface area contributed by atoms with E-state index in [1.165, 1.54) is 6.07 Å². The third kappa shape index (κ3) is 2.88. The van der Waals surface area contributed by atoms with Gasteiger partial charge in [0.1, 0.15) is 0 Å². The Bertz CT molecular complexity index is 554. The van der Waals surface area contributed by atoms with Crippen LogP contribution in [0, 0.1) is 17.0 Å². The molecular formula is C13H18N2O5. The molecule has 0 fully saturated rings. The second kappa shape index (κ2) is 5.46. The molecule has 0 heterocycles. The largest absolute Gasteiger partial charge is 0.478 e. The zero-order valence-electron chi connectivity index (χ0n) is 11.9. The molecule has 0 aliphatic rings. The Morgan fingerprint density at radius 2 is 2.00 bits per heavy atom. The van der Waals surface area contributed by atoms with E-state index in [1.807, 2.05) is 0 Å². The number of rotatable bonds is 5. The number of carboxylic acid groups (broad SMARTS) is 1. The van der Waals surface area contributed by atoms with Crippen LogP contribution in [0.4, 0.5) is 11.4 Å². The first-order valence-electron chi connectivity index (χ1n) is 5.99. The molecule has 0 aliphatic heterocycles.